The molecule has 0 N–H and O–H groups in total. The third kappa shape index (κ3) is 4.71. The molecule has 0 aromatic heterocycles. The summed E-state index contributed by atoms with van der Waals surface area (Å²) in [4.78, 5) is 0. The van der Waals surface area contributed by atoms with E-state index in [2.05, 4.69) is 20.8 Å². The lowest BCUT2D eigenvalue weighted by Crippen LogP contribution is -2.48. The third-order valence-electron chi connectivity index (χ3n) is 3.16. The fraction of sp³-hybridized carbons (Fsp3) is 0.857. The van der Waals surface area contributed by atoms with Gasteiger partial charge in [0.05, 0.1) is 12.2 Å². The Balaban J connectivity index is 2.83. The molecule has 5 heteroatoms. The van der Waals surface area contributed by atoms with Crippen molar-refractivity contribution in [1.82, 2.24) is 4.67 Å². The average Bonchev–Trinajstić information content (AvgIpc) is 2.21. The summed E-state index contributed by atoms with van der Waals surface area (Å²) in [6, 6.07) is 0. The minimum absolute atomic E-state index is 0.151. The zero-order chi connectivity index (χ0) is 14.7. The highest BCUT2D eigenvalue weighted by atomic mass is 31.2. The van der Waals surface area contributed by atoms with Crippen molar-refractivity contribution in [2.24, 2.45) is 0 Å². The number of allylic oxidation sites excluding steroid dienone is 1. The van der Waals surface area contributed by atoms with Gasteiger partial charge < -0.3 is 9.26 Å². The first-order valence-electron chi connectivity index (χ1n) is 6.88. The molecule has 1 aliphatic heterocycles. The number of ether oxygens (including phenoxy) is 1. The lowest BCUT2D eigenvalue weighted by molar-refractivity contribution is 0.0201. The fourth-order valence-corrected chi connectivity index (χ4v) is 5.04. The molecule has 112 valence electrons. The Kier molecular flexibility index (Phi) is 5.42. The van der Waals surface area contributed by atoms with Crippen molar-refractivity contribution in [1.29, 1.82) is 0 Å². The van der Waals surface area contributed by atoms with Gasteiger partial charge >= 0.3 is 0 Å². The second-order valence-corrected chi connectivity index (χ2v) is 8.80. The summed E-state index contributed by atoms with van der Waals surface area (Å²) < 4.78 is 26.5. The van der Waals surface area contributed by atoms with Crippen molar-refractivity contribution in [3.8, 4) is 0 Å². The molecule has 1 rings (SSSR count). The standard InChI is InChI=1S/C14H28NO3P/c1-7-8-11-17-12-19(16)15(13(2,3)4)10-9-14(5,6)18-19/h7-8H,9-12H2,1-6H3/b8-7-. The van der Waals surface area contributed by atoms with E-state index in [-0.39, 0.29) is 17.5 Å². The second kappa shape index (κ2) is 6.09. The van der Waals surface area contributed by atoms with Crippen LogP contribution >= 0.6 is 7.52 Å². The number of hydrogen-bond acceptors (Lipinski definition) is 3. The summed E-state index contributed by atoms with van der Waals surface area (Å²) in [6.45, 7) is 13.4. The predicted octanol–water partition coefficient (Wildman–Crippen LogP) is 4.03. The van der Waals surface area contributed by atoms with Gasteiger partial charge in [0.25, 0.3) is 7.52 Å². The minimum Gasteiger partial charge on any atom is -0.366 e. The zero-order valence-electron chi connectivity index (χ0n) is 13.1. The molecule has 1 aliphatic rings. The van der Waals surface area contributed by atoms with Crippen LogP contribution in [0, 0.1) is 0 Å². The maximum Gasteiger partial charge on any atom is 0.298 e. The van der Waals surface area contributed by atoms with Gasteiger partial charge in [-0.15, -0.1) is 0 Å². The molecule has 0 amide bonds. The molecule has 0 radical (unpaired) electrons. The van der Waals surface area contributed by atoms with Crippen molar-refractivity contribution >= 4 is 7.52 Å². The van der Waals surface area contributed by atoms with Gasteiger partial charge in [0.2, 0.25) is 0 Å². The molecule has 0 saturated carbocycles. The van der Waals surface area contributed by atoms with E-state index < -0.39 is 7.52 Å². The zero-order valence-corrected chi connectivity index (χ0v) is 14.0. The molecule has 1 saturated heterocycles. The highest BCUT2D eigenvalue weighted by molar-refractivity contribution is 7.56. The van der Waals surface area contributed by atoms with Crippen LogP contribution in [0.1, 0.15) is 48.0 Å². The highest BCUT2D eigenvalue weighted by Gasteiger charge is 2.47. The molecule has 1 heterocycles. The van der Waals surface area contributed by atoms with Crippen molar-refractivity contribution < 1.29 is 13.8 Å². The molecule has 0 aromatic carbocycles. The summed E-state index contributed by atoms with van der Waals surface area (Å²) in [7, 11) is -2.93. The molecule has 0 aliphatic carbocycles. The number of rotatable bonds is 4. The molecule has 1 unspecified atom stereocenters. The Bertz CT molecular complexity index is 371. The molecule has 19 heavy (non-hydrogen) atoms. The van der Waals surface area contributed by atoms with Crippen LogP contribution in [0.5, 0.6) is 0 Å². The van der Waals surface area contributed by atoms with Crippen molar-refractivity contribution in [3.63, 3.8) is 0 Å². The molecule has 1 fully saturated rings. The van der Waals surface area contributed by atoms with E-state index in [4.69, 9.17) is 9.26 Å². The fourth-order valence-electron chi connectivity index (χ4n) is 2.23. The first-order valence-corrected chi connectivity index (χ1v) is 8.64. The Morgan fingerprint density at radius 1 is 1.42 bits per heavy atom. The molecule has 0 aromatic rings. The van der Waals surface area contributed by atoms with E-state index in [1.54, 1.807) is 0 Å². The summed E-state index contributed by atoms with van der Waals surface area (Å²) in [5, 5.41) is 0. The van der Waals surface area contributed by atoms with Gasteiger partial charge in [-0.05, 0) is 48.0 Å². The monoisotopic (exact) mass is 289 g/mol. The summed E-state index contributed by atoms with van der Waals surface area (Å²) in [5.74, 6) is 0. The van der Waals surface area contributed by atoms with E-state index in [1.165, 1.54) is 0 Å². The normalized spacial score (nSPS) is 28.9. The van der Waals surface area contributed by atoms with Gasteiger partial charge in [-0.25, -0.2) is 4.67 Å². The van der Waals surface area contributed by atoms with E-state index in [0.717, 1.165) is 13.0 Å². The van der Waals surface area contributed by atoms with E-state index >= 15 is 0 Å². The van der Waals surface area contributed by atoms with Crippen LogP contribution < -0.4 is 0 Å². The smallest absolute Gasteiger partial charge is 0.298 e. The average molecular weight is 289 g/mol. The lowest BCUT2D eigenvalue weighted by Gasteiger charge is -2.48. The van der Waals surface area contributed by atoms with Crippen molar-refractivity contribution in [3.05, 3.63) is 12.2 Å². The van der Waals surface area contributed by atoms with E-state index in [1.807, 2.05) is 37.6 Å². The minimum atomic E-state index is -2.93. The Hall–Kier alpha value is -0.150. The van der Waals surface area contributed by atoms with Crippen LogP contribution in [0.3, 0.4) is 0 Å². The van der Waals surface area contributed by atoms with Crippen LogP contribution in [-0.4, -0.2) is 35.3 Å². The maximum atomic E-state index is 13.1. The summed E-state index contributed by atoms with van der Waals surface area (Å²) >= 11 is 0. The van der Waals surface area contributed by atoms with Gasteiger partial charge in [0.15, 0.2) is 0 Å². The number of nitrogens with zero attached hydrogens (tertiary/aromatic N) is 1. The van der Waals surface area contributed by atoms with Gasteiger partial charge in [-0.3, -0.25) is 4.57 Å². The molecule has 0 bridgehead atoms. The van der Waals surface area contributed by atoms with Crippen LogP contribution in [0.2, 0.25) is 0 Å². The molecular formula is C14H28NO3P. The highest BCUT2D eigenvalue weighted by Crippen LogP contribution is 2.60. The van der Waals surface area contributed by atoms with Gasteiger partial charge in [-0.1, -0.05) is 12.2 Å². The Labute approximate surface area is 117 Å². The quantitative estimate of drug-likeness (QED) is 0.445. The Morgan fingerprint density at radius 2 is 2.05 bits per heavy atom. The second-order valence-electron chi connectivity index (χ2n) is 6.60. The van der Waals surface area contributed by atoms with Crippen LogP contribution in [0.15, 0.2) is 12.2 Å². The number of hydrogen-bond donors (Lipinski definition) is 0. The molecule has 1 atom stereocenters. The first kappa shape index (κ1) is 16.9. The predicted molar refractivity (Wildman–Crippen MR) is 79.5 cm³/mol. The summed E-state index contributed by atoms with van der Waals surface area (Å²) in [6.07, 6.45) is 4.85. The van der Waals surface area contributed by atoms with E-state index in [9.17, 15) is 4.57 Å². The SMILES string of the molecule is C/C=C\COCP1(=O)OC(C)(C)CCN1C(C)(C)C. The van der Waals surface area contributed by atoms with Crippen LogP contribution in [-0.2, 0) is 13.8 Å². The van der Waals surface area contributed by atoms with Gasteiger partial charge in [-0.2, -0.15) is 0 Å². The van der Waals surface area contributed by atoms with E-state index in [0.29, 0.717) is 6.61 Å². The first-order chi connectivity index (χ1) is 8.61. The Morgan fingerprint density at radius 3 is 2.58 bits per heavy atom. The van der Waals surface area contributed by atoms with Gasteiger partial charge in [0.1, 0.15) is 6.35 Å². The lowest BCUT2D eigenvalue weighted by atomic mass is 10.0. The molecule has 0 spiro atoms. The molecule has 4 nitrogen and oxygen atoms in total. The van der Waals surface area contributed by atoms with Crippen LogP contribution in [0.25, 0.3) is 0 Å². The molecular weight excluding hydrogens is 261 g/mol. The third-order valence-corrected chi connectivity index (χ3v) is 5.99. The maximum absolute atomic E-state index is 13.1. The largest absolute Gasteiger partial charge is 0.366 e. The van der Waals surface area contributed by atoms with Crippen molar-refractivity contribution in [2.45, 2.75) is 59.1 Å². The van der Waals surface area contributed by atoms with Crippen LogP contribution in [0.4, 0.5) is 0 Å². The summed E-state index contributed by atoms with van der Waals surface area (Å²) in [5.41, 5.74) is -0.531. The topological polar surface area (TPSA) is 38.8 Å². The van der Waals surface area contributed by atoms with Crippen molar-refractivity contribution in [2.75, 3.05) is 19.5 Å². The van der Waals surface area contributed by atoms with Gasteiger partial charge in [0, 0.05) is 12.1 Å².